The summed E-state index contributed by atoms with van der Waals surface area (Å²) >= 11 is 0. The molecule has 2 rings (SSSR count). The van der Waals surface area contributed by atoms with E-state index < -0.39 is 11.7 Å². The van der Waals surface area contributed by atoms with E-state index in [0.29, 0.717) is 0 Å². The highest BCUT2D eigenvalue weighted by atomic mass is 19.4. The summed E-state index contributed by atoms with van der Waals surface area (Å²) in [6.45, 7) is -0.182. The van der Waals surface area contributed by atoms with Crippen LogP contribution >= 0.6 is 0 Å². The van der Waals surface area contributed by atoms with E-state index in [-0.39, 0.29) is 24.0 Å². The van der Waals surface area contributed by atoms with Crippen molar-refractivity contribution in [2.45, 2.75) is 12.8 Å². The molecule has 0 fully saturated rings. The maximum Gasteiger partial charge on any atom is 0.419 e. The number of aromatic nitrogens is 2. The van der Waals surface area contributed by atoms with Gasteiger partial charge < -0.3 is 10.5 Å². The minimum absolute atomic E-state index is 0.182. The Morgan fingerprint density at radius 3 is 2.58 bits per heavy atom. The van der Waals surface area contributed by atoms with Crippen LogP contribution in [0.15, 0.2) is 36.5 Å². The number of nitrogen functional groups attached to an aromatic ring is 1. The first kappa shape index (κ1) is 13.1. The first-order valence-electron chi connectivity index (χ1n) is 5.33. The number of anilines is 1. The van der Waals surface area contributed by atoms with Gasteiger partial charge in [0.1, 0.15) is 18.2 Å². The highest BCUT2D eigenvalue weighted by molar-refractivity contribution is 5.35. The molecule has 100 valence electrons. The fourth-order valence-corrected chi connectivity index (χ4v) is 1.45. The highest BCUT2D eigenvalue weighted by Crippen LogP contribution is 2.36. The third-order valence-corrected chi connectivity index (χ3v) is 2.28. The van der Waals surface area contributed by atoms with Gasteiger partial charge >= 0.3 is 6.18 Å². The van der Waals surface area contributed by atoms with E-state index in [1.165, 1.54) is 30.5 Å². The molecule has 0 aliphatic heterocycles. The van der Waals surface area contributed by atoms with Gasteiger partial charge in [0.15, 0.2) is 5.82 Å². The topological polar surface area (TPSA) is 61.0 Å². The molecule has 0 radical (unpaired) electrons. The molecule has 0 bridgehead atoms. The van der Waals surface area contributed by atoms with Crippen molar-refractivity contribution in [1.29, 1.82) is 0 Å². The number of rotatable bonds is 3. The predicted molar refractivity (Wildman–Crippen MR) is 62.2 cm³/mol. The Kier molecular flexibility index (Phi) is 3.55. The van der Waals surface area contributed by atoms with E-state index in [1.807, 2.05) is 0 Å². The third-order valence-electron chi connectivity index (χ3n) is 2.28. The fraction of sp³-hybridized carbons (Fsp3) is 0.167. The maximum atomic E-state index is 12.7. The summed E-state index contributed by atoms with van der Waals surface area (Å²) in [6.07, 6.45) is -3.05. The molecule has 1 aromatic carbocycles. The lowest BCUT2D eigenvalue weighted by Crippen LogP contribution is -2.09. The van der Waals surface area contributed by atoms with Crippen LogP contribution in [0.1, 0.15) is 11.4 Å². The Bertz CT molecular complexity index is 572. The number of hydrogen-bond donors (Lipinski definition) is 1. The van der Waals surface area contributed by atoms with E-state index in [2.05, 4.69) is 9.97 Å². The summed E-state index contributed by atoms with van der Waals surface area (Å²) in [7, 11) is 0. The molecule has 19 heavy (non-hydrogen) atoms. The number of ether oxygens (including phenoxy) is 1. The summed E-state index contributed by atoms with van der Waals surface area (Å²) in [6, 6.07) is 6.44. The molecular formula is C12H10F3N3O. The first-order chi connectivity index (χ1) is 8.97. The number of alkyl halides is 3. The third kappa shape index (κ3) is 3.34. The van der Waals surface area contributed by atoms with Gasteiger partial charge in [0, 0.05) is 6.20 Å². The van der Waals surface area contributed by atoms with Crippen LogP contribution < -0.4 is 10.5 Å². The Hall–Kier alpha value is -2.31. The molecule has 1 heterocycles. The van der Waals surface area contributed by atoms with Crippen LogP contribution in [0.4, 0.5) is 19.0 Å². The molecule has 0 amide bonds. The Morgan fingerprint density at radius 2 is 1.89 bits per heavy atom. The molecule has 2 N–H and O–H groups in total. The summed E-state index contributed by atoms with van der Waals surface area (Å²) in [5.74, 6) is 0.190. The van der Waals surface area contributed by atoms with Gasteiger partial charge in [0.05, 0.1) is 5.56 Å². The average molecular weight is 269 g/mol. The monoisotopic (exact) mass is 269 g/mol. The van der Waals surface area contributed by atoms with Crippen LogP contribution in [0.2, 0.25) is 0 Å². The second-order valence-electron chi connectivity index (χ2n) is 3.68. The Morgan fingerprint density at radius 1 is 1.16 bits per heavy atom. The molecule has 0 atom stereocenters. The van der Waals surface area contributed by atoms with E-state index in [1.54, 1.807) is 0 Å². The van der Waals surface area contributed by atoms with Crippen LogP contribution in [0, 0.1) is 0 Å². The Balaban J connectivity index is 2.16. The van der Waals surface area contributed by atoms with Crippen molar-refractivity contribution in [3.63, 3.8) is 0 Å². The lowest BCUT2D eigenvalue weighted by atomic mass is 10.2. The minimum Gasteiger partial charge on any atom is -0.485 e. The zero-order chi connectivity index (χ0) is 13.9. The highest BCUT2D eigenvalue weighted by Gasteiger charge is 2.34. The quantitative estimate of drug-likeness (QED) is 0.930. The molecule has 2 aromatic rings. The van der Waals surface area contributed by atoms with E-state index >= 15 is 0 Å². The molecule has 1 aromatic heterocycles. The first-order valence-corrected chi connectivity index (χ1v) is 5.33. The van der Waals surface area contributed by atoms with E-state index in [4.69, 9.17) is 10.5 Å². The SMILES string of the molecule is Nc1ccnc(COc2ccccc2C(F)(F)F)n1. The zero-order valence-corrected chi connectivity index (χ0v) is 9.69. The van der Waals surface area contributed by atoms with Gasteiger partial charge in [-0.15, -0.1) is 0 Å². The van der Waals surface area contributed by atoms with Crippen molar-refractivity contribution in [2.75, 3.05) is 5.73 Å². The zero-order valence-electron chi connectivity index (χ0n) is 9.69. The summed E-state index contributed by atoms with van der Waals surface area (Å²) < 4.78 is 43.2. The summed E-state index contributed by atoms with van der Waals surface area (Å²) in [5.41, 5.74) is 4.61. The largest absolute Gasteiger partial charge is 0.485 e. The lowest BCUT2D eigenvalue weighted by molar-refractivity contribution is -0.139. The van der Waals surface area contributed by atoms with Crippen LogP contribution in [-0.2, 0) is 12.8 Å². The second kappa shape index (κ2) is 5.13. The van der Waals surface area contributed by atoms with Crippen molar-refractivity contribution >= 4 is 5.82 Å². The van der Waals surface area contributed by atoms with Gasteiger partial charge in [-0.3, -0.25) is 0 Å². The number of hydrogen-bond acceptors (Lipinski definition) is 4. The predicted octanol–water partition coefficient (Wildman–Crippen LogP) is 2.66. The van der Waals surface area contributed by atoms with Gasteiger partial charge in [-0.05, 0) is 18.2 Å². The van der Waals surface area contributed by atoms with Crippen molar-refractivity contribution in [1.82, 2.24) is 9.97 Å². The van der Waals surface area contributed by atoms with Gasteiger partial charge in [0.25, 0.3) is 0 Å². The number of benzene rings is 1. The van der Waals surface area contributed by atoms with Crippen LogP contribution in [0.3, 0.4) is 0 Å². The van der Waals surface area contributed by atoms with Gasteiger partial charge in [-0.2, -0.15) is 13.2 Å². The van der Waals surface area contributed by atoms with E-state index in [9.17, 15) is 13.2 Å². The van der Waals surface area contributed by atoms with Crippen molar-refractivity contribution in [3.8, 4) is 5.75 Å². The van der Waals surface area contributed by atoms with Gasteiger partial charge in [-0.25, -0.2) is 9.97 Å². The molecule has 0 saturated carbocycles. The Labute approximate surface area is 107 Å². The van der Waals surface area contributed by atoms with Crippen molar-refractivity contribution in [3.05, 3.63) is 47.9 Å². The standard InChI is InChI=1S/C12H10F3N3O/c13-12(14,15)8-3-1-2-4-9(8)19-7-11-17-6-5-10(16)18-11/h1-6H,7H2,(H2,16,17,18). The average Bonchev–Trinajstić information content (AvgIpc) is 2.36. The molecular weight excluding hydrogens is 259 g/mol. The molecule has 0 aliphatic carbocycles. The molecule has 7 heteroatoms. The van der Waals surface area contributed by atoms with Crippen LogP contribution in [0.25, 0.3) is 0 Å². The normalized spacial score (nSPS) is 11.3. The fourth-order valence-electron chi connectivity index (χ4n) is 1.45. The molecule has 0 unspecified atom stereocenters. The number of para-hydroxylation sites is 1. The summed E-state index contributed by atoms with van der Waals surface area (Å²) in [4.78, 5) is 7.69. The van der Waals surface area contributed by atoms with Crippen LogP contribution in [-0.4, -0.2) is 9.97 Å². The minimum atomic E-state index is -4.47. The van der Waals surface area contributed by atoms with Gasteiger partial charge in [0.2, 0.25) is 0 Å². The molecule has 4 nitrogen and oxygen atoms in total. The molecule has 0 saturated heterocycles. The smallest absolute Gasteiger partial charge is 0.419 e. The summed E-state index contributed by atoms with van der Waals surface area (Å²) in [5, 5.41) is 0. The van der Waals surface area contributed by atoms with E-state index in [0.717, 1.165) is 6.07 Å². The lowest BCUT2D eigenvalue weighted by Gasteiger charge is -2.13. The number of nitrogens with zero attached hydrogens (tertiary/aromatic N) is 2. The van der Waals surface area contributed by atoms with Crippen LogP contribution in [0.5, 0.6) is 5.75 Å². The van der Waals surface area contributed by atoms with Gasteiger partial charge in [-0.1, -0.05) is 12.1 Å². The number of halogens is 3. The second-order valence-corrected chi connectivity index (χ2v) is 3.68. The molecule has 0 aliphatic rings. The van der Waals surface area contributed by atoms with Crippen molar-refractivity contribution in [2.24, 2.45) is 0 Å². The van der Waals surface area contributed by atoms with Crippen molar-refractivity contribution < 1.29 is 17.9 Å². The molecule has 0 spiro atoms. The maximum absolute atomic E-state index is 12.7. The number of nitrogens with two attached hydrogens (primary N) is 1.